The Labute approximate surface area is 127 Å². The fraction of sp³-hybridized carbons (Fsp3) is 0.412. The molecule has 0 unspecified atom stereocenters. The molecule has 1 aromatic carbocycles. The number of nitrogens with one attached hydrogen (secondary N) is 2. The summed E-state index contributed by atoms with van der Waals surface area (Å²) >= 11 is 0. The van der Waals surface area contributed by atoms with Gasteiger partial charge in [0.2, 0.25) is 0 Å². The molecule has 112 valence electrons. The van der Waals surface area contributed by atoms with Gasteiger partial charge in [-0.25, -0.2) is 9.97 Å². The van der Waals surface area contributed by atoms with Crippen LogP contribution in [0.25, 0.3) is 0 Å². The molecule has 0 atom stereocenters. The Kier molecular flexibility index (Phi) is 4.78. The van der Waals surface area contributed by atoms with Crippen molar-refractivity contribution >= 4 is 17.3 Å². The monoisotopic (exact) mass is 284 g/mol. The van der Waals surface area contributed by atoms with E-state index in [1.165, 1.54) is 11.1 Å². The molecule has 2 rings (SSSR count). The Balaban J connectivity index is 2.33. The van der Waals surface area contributed by atoms with E-state index < -0.39 is 0 Å². The van der Waals surface area contributed by atoms with Crippen LogP contribution in [0.5, 0.6) is 0 Å². The van der Waals surface area contributed by atoms with Gasteiger partial charge >= 0.3 is 0 Å². The van der Waals surface area contributed by atoms with Crippen LogP contribution in [0.3, 0.4) is 0 Å². The summed E-state index contributed by atoms with van der Waals surface area (Å²) in [6, 6.07) is 8.31. The van der Waals surface area contributed by atoms with E-state index >= 15 is 0 Å². The fourth-order valence-corrected chi connectivity index (χ4v) is 2.15. The molecule has 2 N–H and O–H groups in total. The number of benzene rings is 1. The van der Waals surface area contributed by atoms with E-state index in [0.717, 1.165) is 29.7 Å². The van der Waals surface area contributed by atoms with Crippen molar-refractivity contribution in [2.45, 2.75) is 40.5 Å². The molecule has 0 aliphatic carbocycles. The van der Waals surface area contributed by atoms with Crippen molar-refractivity contribution in [2.24, 2.45) is 0 Å². The lowest BCUT2D eigenvalue weighted by Gasteiger charge is -2.14. The van der Waals surface area contributed by atoms with Crippen LogP contribution in [-0.4, -0.2) is 16.5 Å². The van der Waals surface area contributed by atoms with Crippen LogP contribution in [-0.2, 0) is 0 Å². The Bertz CT molecular complexity index is 620. The highest BCUT2D eigenvalue weighted by Gasteiger charge is 2.09. The van der Waals surface area contributed by atoms with Crippen molar-refractivity contribution < 1.29 is 0 Å². The van der Waals surface area contributed by atoms with E-state index in [4.69, 9.17) is 0 Å². The number of aryl methyl sites for hydroxylation is 2. The minimum atomic E-state index is 0.295. The van der Waals surface area contributed by atoms with E-state index in [0.29, 0.717) is 5.92 Å². The molecule has 0 saturated carbocycles. The van der Waals surface area contributed by atoms with Crippen molar-refractivity contribution in [3.8, 4) is 0 Å². The van der Waals surface area contributed by atoms with E-state index in [1.807, 2.05) is 6.07 Å². The van der Waals surface area contributed by atoms with Crippen LogP contribution >= 0.6 is 0 Å². The second-order valence-electron chi connectivity index (χ2n) is 5.63. The molecule has 0 spiro atoms. The van der Waals surface area contributed by atoms with Crippen molar-refractivity contribution in [1.82, 2.24) is 9.97 Å². The zero-order valence-corrected chi connectivity index (χ0v) is 13.5. The summed E-state index contributed by atoms with van der Waals surface area (Å²) in [5.41, 5.74) is 3.55. The molecule has 0 bridgehead atoms. The quantitative estimate of drug-likeness (QED) is 0.854. The highest BCUT2D eigenvalue weighted by atomic mass is 15.1. The van der Waals surface area contributed by atoms with Crippen molar-refractivity contribution in [1.29, 1.82) is 0 Å². The molecule has 4 heteroatoms. The molecule has 0 fully saturated rings. The van der Waals surface area contributed by atoms with Gasteiger partial charge in [-0.15, -0.1) is 0 Å². The highest BCUT2D eigenvalue weighted by molar-refractivity contribution is 5.63. The maximum absolute atomic E-state index is 4.61. The van der Waals surface area contributed by atoms with E-state index in [2.05, 4.69) is 73.4 Å². The predicted molar refractivity (Wildman–Crippen MR) is 89.5 cm³/mol. The van der Waals surface area contributed by atoms with Crippen LogP contribution in [0.2, 0.25) is 0 Å². The maximum Gasteiger partial charge on any atom is 0.136 e. The standard InChI is InChI=1S/C17H24N4/c1-6-18-15-10-16(21-17(20-15)11(2)3)19-14-8-7-12(4)9-13(14)5/h7-11H,6H2,1-5H3,(H2,18,19,20,21). The van der Waals surface area contributed by atoms with Gasteiger partial charge in [-0.05, 0) is 32.4 Å². The lowest BCUT2D eigenvalue weighted by Crippen LogP contribution is -2.07. The zero-order chi connectivity index (χ0) is 15.4. The lowest BCUT2D eigenvalue weighted by atomic mass is 10.1. The summed E-state index contributed by atoms with van der Waals surface area (Å²) in [4.78, 5) is 9.15. The SMILES string of the molecule is CCNc1cc(Nc2ccc(C)cc2C)nc(C(C)C)n1. The fourth-order valence-electron chi connectivity index (χ4n) is 2.15. The van der Waals surface area contributed by atoms with E-state index in [1.54, 1.807) is 0 Å². The van der Waals surface area contributed by atoms with Crippen LogP contribution in [0, 0.1) is 13.8 Å². The molecule has 0 saturated heterocycles. The van der Waals surface area contributed by atoms with Crippen LogP contribution in [0.1, 0.15) is 43.6 Å². The Morgan fingerprint density at radius 3 is 2.38 bits per heavy atom. The van der Waals surface area contributed by atoms with Gasteiger partial charge in [0.1, 0.15) is 17.5 Å². The third kappa shape index (κ3) is 3.94. The number of hydrogen-bond donors (Lipinski definition) is 2. The number of aromatic nitrogens is 2. The third-order valence-corrected chi connectivity index (χ3v) is 3.26. The molecule has 1 heterocycles. The molecule has 0 amide bonds. The topological polar surface area (TPSA) is 49.8 Å². The summed E-state index contributed by atoms with van der Waals surface area (Å²) in [6.07, 6.45) is 0. The van der Waals surface area contributed by atoms with Gasteiger partial charge in [0.25, 0.3) is 0 Å². The normalized spacial score (nSPS) is 10.8. The molecule has 0 aliphatic heterocycles. The summed E-state index contributed by atoms with van der Waals surface area (Å²) in [5, 5.41) is 6.66. The van der Waals surface area contributed by atoms with Gasteiger partial charge in [0, 0.05) is 24.2 Å². The molecule has 0 aliphatic rings. The molecule has 4 nitrogen and oxygen atoms in total. The van der Waals surface area contributed by atoms with Gasteiger partial charge in [0.15, 0.2) is 0 Å². The first-order valence-corrected chi connectivity index (χ1v) is 7.46. The second kappa shape index (κ2) is 6.57. The molecular formula is C17H24N4. The third-order valence-electron chi connectivity index (χ3n) is 3.26. The Morgan fingerprint density at radius 1 is 1.05 bits per heavy atom. The van der Waals surface area contributed by atoms with Gasteiger partial charge in [-0.1, -0.05) is 31.5 Å². The number of rotatable bonds is 5. The van der Waals surface area contributed by atoms with Crippen molar-refractivity contribution in [3.05, 3.63) is 41.2 Å². The smallest absolute Gasteiger partial charge is 0.136 e. The number of nitrogens with zero attached hydrogens (tertiary/aromatic N) is 2. The molecule has 1 aromatic heterocycles. The first kappa shape index (κ1) is 15.3. The molecule has 21 heavy (non-hydrogen) atoms. The number of anilines is 3. The average Bonchev–Trinajstić information content (AvgIpc) is 2.42. The van der Waals surface area contributed by atoms with Gasteiger partial charge in [0.05, 0.1) is 0 Å². The second-order valence-corrected chi connectivity index (χ2v) is 5.63. The van der Waals surface area contributed by atoms with Gasteiger partial charge in [-0.3, -0.25) is 0 Å². The van der Waals surface area contributed by atoms with Crippen LogP contribution < -0.4 is 10.6 Å². The first-order valence-electron chi connectivity index (χ1n) is 7.46. The van der Waals surface area contributed by atoms with E-state index in [-0.39, 0.29) is 0 Å². The lowest BCUT2D eigenvalue weighted by molar-refractivity contribution is 0.777. The molecule has 0 radical (unpaired) electrons. The average molecular weight is 284 g/mol. The van der Waals surface area contributed by atoms with Crippen LogP contribution in [0.4, 0.5) is 17.3 Å². The van der Waals surface area contributed by atoms with Gasteiger partial charge in [-0.2, -0.15) is 0 Å². The summed E-state index contributed by atoms with van der Waals surface area (Å²) in [7, 11) is 0. The molecule has 2 aromatic rings. The van der Waals surface area contributed by atoms with Crippen molar-refractivity contribution in [2.75, 3.05) is 17.2 Å². The van der Waals surface area contributed by atoms with Gasteiger partial charge < -0.3 is 10.6 Å². The van der Waals surface area contributed by atoms with Crippen LogP contribution in [0.15, 0.2) is 24.3 Å². The zero-order valence-electron chi connectivity index (χ0n) is 13.5. The summed E-state index contributed by atoms with van der Waals surface area (Å²) in [5.74, 6) is 2.84. The largest absolute Gasteiger partial charge is 0.370 e. The Hall–Kier alpha value is -2.10. The predicted octanol–water partition coefficient (Wildman–Crippen LogP) is 4.39. The molecular weight excluding hydrogens is 260 g/mol. The Morgan fingerprint density at radius 2 is 1.76 bits per heavy atom. The summed E-state index contributed by atoms with van der Waals surface area (Å²) in [6.45, 7) is 11.3. The minimum Gasteiger partial charge on any atom is -0.370 e. The number of hydrogen-bond acceptors (Lipinski definition) is 4. The first-order chi connectivity index (χ1) is 9.99. The maximum atomic E-state index is 4.61. The highest BCUT2D eigenvalue weighted by Crippen LogP contribution is 2.23. The minimum absolute atomic E-state index is 0.295. The van der Waals surface area contributed by atoms with Crippen molar-refractivity contribution in [3.63, 3.8) is 0 Å². The summed E-state index contributed by atoms with van der Waals surface area (Å²) < 4.78 is 0. The van der Waals surface area contributed by atoms with E-state index in [9.17, 15) is 0 Å².